The third-order valence-corrected chi connectivity index (χ3v) is 9.45. The first-order valence-corrected chi connectivity index (χ1v) is 13.8. The number of hydrogen-bond acceptors (Lipinski definition) is 3. The normalized spacial score (nSPS) is 20.9. The van der Waals surface area contributed by atoms with Crippen molar-refractivity contribution in [3.63, 3.8) is 0 Å². The third kappa shape index (κ3) is 4.11. The Balaban J connectivity index is 1.06. The minimum absolute atomic E-state index is 0.139. The molecule has 1 aromatic heterocycles. The monoisotopic (exact) mass is 503 g/mol. The molecule has 0 radical (unpaired) electrons. The number of halogens is 1. The van der Waals surface area contributed by atoms with Gasteiger partial charge in [-0.05, 0) is 79.5 Å². The topological polar surface area (TPSA) is 56.4 Å². The Labute approximate surface area is 217 Å². The summed E-state index contributed by atoms with van der Waals surface area (Å²) in [5, 5.41) is 1.97. The van der Waals surface area contributed by atoms with Crippen molar-refractivity contribution in [2.24, 2.45) is 11.8 Å². The van der Waals surface area contributed by atoms with Crippen LogP contribution in [0.3, 0.4) is 0 Å². The number of hydrogen-bond donors (Lipinski definition) is 1. The maximum absolute atomic E-state index is 13.6. The molecule has 0 spiro atoms. The summed E-state index contributed by atoms with van der Waals surface area (Å²) in [6.45, 7) is 3.80. The molecule has 36 heavy (non-hydrogen) atoms. The van der Waals surface area contributed by atoms with Crippen molar-refractivity contribution < 1.29 is 4.79 Å². The number of H-pyrrole nitrogens is 1. The van der Waals surface area contributed by atoms with Crippen LogP contribution in [-0.2, 0) is 10.2 Å². The fourth-order valence-electron chi connectivity index (χ4n) is 6.87. The maximum Gasteiger partial charge on any atom is 0.257 e. The number of aromatic amines is 1. The number of piperidine rings is 2. The van der Waals surface area contributed by atoms with Crippen LogP contribution in [0.25, 0.3) is 10.8 Å². The molecule has 5 nitrogen and oxygen atoms in total. The number of rotatable bonds is 4. The molecule has 2 aliphatic heterocycles. The Morgan fingerprint density at radius 2 is 1.58 bits per heavy atom. The maximum atomic E-state index is 13.6. The molecule has 1 amide bonds. The van der Waals surface area contributed by atoms with Crippen molar-refractivity contribution >= 4 is 34.0 Å². The number of aromatic nitrogens is 1. The zero-order chi connectivity index (χ0) is 24.7. The fourth-order valence-corrected chi connectivity index (χ4v) is 7.17. The summed E-state index contributed by atoms with van der Waals surface area (Å²) in [6, 6.07) is 16.4. The third-order valence-electron chi connectivity index (χ3n) is 9.15. The van der Waals surface area contributed by atoms with Crippen molar-refractivity contribution in [2.45, 2.75) is 50.4 Å². The number of anilines is 1. The summed E-state index contributed by atoms with van der Waals surface area (Å²) in [7, 11) is 0. The second-order valence-electron chi connectivity index (χ2n) is 11.0. The molecule has 2 aromatic carbocycles. The van der Waals surface area contributed by atoms with E-state index in [4.69, 9.17) is 11.6 Å². The quantitative estimate of drug-likeness (QED) is 0.492. The minimum atomic E-state index is -0.272. The van der Waals surface area contributed by atoms with E-state index in [9.17, 15) is 9.59 Å². The summed E-state index contributed by atoms with van der Waals surface area (Å²) >= 11 is 6.48. The number of likely N-dealkylation sites (tertiary alicyclic amines) is 1. The summed E-state index contributed by atoms with van der Waals surface area (Å²) < 4.78 is 0. The summed E-state index contributed by atoms with van der Waals surface area (Å²) in [5.41, 5.74) is 1.89. The lowest BCUT2D eigenvalue weighted by Gasteiger charge is -2.47. The molecule has 3 aromatic rings. The van der Waals surface area contributed by atoms with E-state index in [0.29, 0.717) is 28.2 Å². The summed E-state index contributed by atoms with van der Waals surface area (Å²) in [6.07, 6.45) is 9.37. The van der Waals surface area contributed by atoms with Gasteiger partial charge in [-0.15, -0.1) is 0 Å². The Kier molecular flexibility index (Phi) is 6.28. The zero-order valence-corrected chi connectivity index (χ0v) is 21.5. The van der Waals surface area contributed by atoms with E-state index in [1.54, 1.807) is 6.20 Å². The van der Waals surface area contributed by atoms with Crippen LogP contribution in [0.1, 0.15) is 50.5 Å². The van der Waals surface area contributed by atoms with Crippen molar-refractivity contribution in [2.75, 3.05) is 31.1 Å². The van der Waals surface area contributed by atoms with Crippen LogP contribution >= 0.6 is 11.6 Å². The second kappa shape index (κ2) is 9.59. The SMILES string of the molecule is O=C(N1CCC(C2CCN(c3cc(Cl)c4c(=O)[nH]ccc4c3)CC2)CC1)C1(c2ccccc2)CCC1. The van der Waals surface area contributed by atoms with Gasteiger partial charge in [0.2, 0.25) is 5.91 Å². The van der Waals surface area contributed by atoms with Gasteiger partial charge in [-0.2, -0.15) is 0 Å². The largest absolute Gasteiger partial charge is 0.371 e. The van der Waals surface area contributed by atoms with E-state index < -0.39 is 0 Å². The molecule has 6 heteroatoms. The van der Waals surface area contributed by atoms with Crippen LogP contribution in [0.2, 0.25) is 5.02 Å². The average molecular weight is 504 g/mol. The smallest absolute Gasteiger partial charge is 0.257 e. The van der Waals surface area contributed by atoms with E-state index in [1.807, 2.05) is 18.2 Å². The lowest BCUT2D eigenvalue weighted by atomic mass is 9.63. The van der Waals surface area contributed by atoms with Crippen molar-refractivity contribution in [1.82, 2.24) is 9.88 Å². The lowest BCUT2D eigenvalue weighted by Crippen LogP contribution is -2.53. The number of carbonyl (C=O) groups is 1. The van der Waals surface area contributed by atoms with E-state index in [2.05, 4.69) is 45.1 Å². The molecule has 3 fully saturated rings. The highest BCUT2D eigenvalue weighted by molar-refractivity contribution is 6.35. The molecule has 0 bridgehead atoms. The molecule has 0 atom stereocenters. The van der Waals surface area contributed by atoms with E-state index in [1.165, 1.54) is 5.56 Å². The second-order valence-corrected chi connectivity index (χ2v) is 11.4. The molecule has 0 unspecified atom stereocenters. The van der Waals surface area contributed by atoms with Gasteiger partial charge in [-0.1, -0.05) is 48.4 Å². The number of benzene rings is 2. The first kappa shape index (κ1) is 23.6. The zero-order valence-electron chi connectivity index (χ0n) is 20.7. The average Bonchev–Trinajstić information content (AvgIpc) is 2.89. The van der Waals surface area contributed by atoms with Gasteiger partial charge in [0.05, 0.1) is 15.8 Å². The molecular formula is C30H34ClN3O2. The van der Waals surface area contributed by atoms with Gasteiger partial charge < -0.3 is 14.8 Å². The van der Waals surface area contributed by atoms with Crippen molar-refractivity contribution in [1.29, 1.82) is 0 Å². The number of nitrogens with one attached hydrogen (secondary N) is 1. The highest BCUT2D eigenvalue weighted by Crippen LogP contribution is 2.46. The number of fused-ring (bicyclic) bond motifs is 1. The molecule has 6 rings (SSSR count). The molecular weight excluding hydrogens is 470 g/mol. The molecule has 1 N–H and O–H groups in total. The lowest BCUT2D eigenvalue weighted by molar-refractivity contribution is -0.142. The Bertz CT molecular complexity index is 1300. The van der Waals surface area contributed by atoms with E-state index in [0.717, 1.165) is 82.2 Å². The van der Waals surface area contributed by atoms with E-state index in [-0.39, 0.29) is 11.0 Å². The summed E-state index contributed by atoms with van der Waals surface area (Å²) in [4.78, 5) is 33.0. The predicted octanol–water partition coefficient (Wildman–Crippen LogP) is 5.76. The number of pyridine rings is 1. The van der Waals surface area contributed by atoms with Crippen LogP contribution in [0.5, 0.6) is 0 Å². The van der Waals surface area contributed by atoms with Crippen LogP contribution in [0.15, 0.2) is 59.5 Å². The van der Waals surface area contributed by atoms with Crippen LogP contribution in [0.4, 0.5) is 5.69 Å². The standard InChI is InChI=1S/C30H34ClN3O2/c31-26-20-25(19-23-7-14-32-28(35)27(23)26)33-15-8-21(9-16-33)22-10-17-34(18-11-22)29(36)30(12-4-13-30)24-5-2-1-3-6-24/h1-3,5-7,14,19-22H,4,8-13,15-18H2,(H,32,35). The number of nitrogens with zero attached hydrogens (tertiary/aromatic N) is 2. The van der Waals surface area contributed by atoms with Crippen LogP contribution in [0, 0.1) is 11.8 Å². The molecule has 3 heterocycles. The van der Waals surface area contributed by atoms with Gasteiger partial charge in [-0.25, -0.2) is 0 Å². The van der Waals surface area contributed by atoms with Gasteiger partial charge in [0.1, 0.15) is 0 Å². The summed E-state index contributed by atoms with van der Waals surface area (Å²) in [5.74, 6) is 1.77. The first-order chi connectivity index (χ1) is 17.5. The molecule has 2 saturated heterocycles. The highest BCUT2D eigenvalue weighted by atomic mass is 35.5. The fraction of sp³-hybridized carbons (Fsp3) is 0.467. The van der Waals surface area contributed by atoms with Gasteiger partial charge in [0.15, 0.2) is 0 Å². The molecule has 1 aliphatic carbocycles. The Hall–Kier alpha value is -2.79. The number of carbonyl (C=O) groups excluding carboxylic acids is 1. The molecule has 3 aliphatic rings. The van der Waals surface area contributed by atoms with Gasteiger partial charge >= 0.3 is 0 Å². The van der Waals surface area contributed by atoms with Gasteiger partial charge in [0, 0.05) is 38.1 Å². The van der Waals surface area contributed by atoms with Crippen molar-refractivity contribution in [3.8, 4) is 0 Å². The first-order valence-electron chi connectivity index (χ1n) is 13.5. The van der Waals surface area contributed by atoms with Crippen LogP contribution in [-0.4, -0.2) is 42.0 Å². The Morgan fingerprint density at radius 1 is 0.917 bits per heavy atom. The number of amides is 1. The highest BCUT2D eigenvalue weighted by Gasteiger charge is 2.48. The van der Waals surface area contributed by atoms with Gasteiger partial charge in [0.25, 0.3) is 5.56 Å². The predicted molar refractivity (Wildman–Crippen MR) is 146 cm³/mol. The Morgan fingerprint density at radius 3 is 2.22 bits per heavy atom. The van der Waals surface area contributed by atoms with Crippen molar-refractivity contribution in [3.05, 3.63) is 75.7 Å². The van der Waals surface area contributed by atoms with Crippen LogP contribution < -0.4 is 10.5 Å². The van der Waals surface area contributed by atoms with Gasteiger partial charge in [-0.3, -0.25) is 9.59 Å². The minimum Gasteiger partial charge on any atom is -0.371 e. The molecule has 1 saturated carbocycles. The van der Waals surface area contributed by atoms with E-state index >= 15 is 0 Å². The molecule has 188 valence electrons.